The average molecular weight is 552 g/mol. The maximum atomic E-state index is 13.7. The summed E-state index contributed by atoms with van der Waals surface area (Å²) in [6.45, 7) is -1.30. The van der Waals surface area contributed by atoms with Gasteiger partial charge in [0.15, 0.2) is 4.80 Å². The molecule has 0 unspecified atom stereocenters. The third-order valence-corrected chi connectivity index (χ3v) is 7.14. The molecule has 6 nitrogen and oxygen atoms in total. The van der Waals surface area contributed by atoms with Crippen molar-refractivity contribution in [1.82, 2.24) is 4.57 Å². The van der Waals surface area contributed by atoms with Crippen molar-refractivity contribution in [3.05, 3.63) is 126 Å². The highest BCUT2D eigenvalue weighted by molar-refractivity contribution is 7.07. The first kappa shape index (κ1) is 25.6. The fourth-order valence-electron chi connectivity index (χ4n) is 4.24. The fourth-order valence-corrected chi connectivity index (χ4v) is 5.40. The third-order valence-electron chi connectivity index (χ3n) is 5.91. The number of benzene rings is 3. The van der Waals surface area contributed by atoms with Crippen LogP contribution in [0.25, 0.3) is 6.08 Å². The first-order valence-electron chi connectivity index (χ1n) is 11.5. The number of anilines is 1. The van der Waals surface area contributed by atoms with Gasteiger partial charge in [-0.2, -0.15) is 8.78 Å². The molecule has 0 saturated heterocycles. The zero-order chi connectivity index (χ0) is 26.8. The molecule has 3 aromatic carbocycles. The van der Waals surface area contributed by atoms with Crippen molar-refractivity contribution in [2.45, 2.75) is 19.6 Å². The summed E-state index contributed by atoms with van der Waals surface area (Å²) in [5, 5.41) is 3.39. The van der Waals surface area contributed by atoms with E-state index in [2.05, 4.69) is 15.0 Å². The van der Waals surface area contributed by atoms with E-state index < -0.39 is 24.1 Å². The van der Waals surface area contributed by atoms with Gasteiger partial charge in [-0.05, 0) is 48.9 Å². The number of rotatable bonds is 6. The Bertz CT molecular complexity index is 1710. The minimum Gasteiger partial charge on any atom is -0.434 e. The first-order valence-corrected chi connectivity index (χ1v) is 12.7. The van der Waals surface area contributed by atoms with E-state index >= 15 is 0 Å². The molecule has 0 radical (unpaired) electrons. The number of ether oxygens (including phenoxy) is 1. The van der Waals surface area contributed by atoms with Crippen LogP contribution in [-0.4, -0.2) is 17.1 Å². The number of carbonyl (C=O) groups is 1. The molecule has 0 aliphatic carbocycles. The molecule has 0 saturated carbocycles. The Hall–Kier alpha value is -4.08. The van der Waals surface area contributed by atoms with Crippen LogP contribution in [0, 0.1) is 0 Å². The van der Waals surface area contributed by atoms with Gasteiger partial charge in [-0.25, -0.2) is 4.99 Å². The van der Waals surface area contributed by atoms with Gasteiger partial charge in [-0.1, -0.05) is 71.5 Å². The zero-order valence-electron chi connectivity index (χ0n) is 19.9. The van der Waals surface area contributed by atoms with Crippen molar-refractivity contribution >= 4 is 40.6 Å². The topological polar surface area (TPSA) is 72.7 Å². The van der Waals surface area contributed by atoms with Crippen molar-refractivity contribution in [2.24, 2.45) is 4.99 Å². The maximum Gasteiger partial charge on any atom is 0.387 e. The first-order chi connectivity index (χ1) is 18.3. The van der Waals surface area contributed by atoms with Crippen molar-refractivity contribution in [1.29, 1.82) is 0 Å². The molecule has 5 rings (SSSR count). The van der Waals surface area contributed by atoms with Gasteiger partial charge in [0.2, 0.25) is 0 Å². The number of hydrogen-bond donors (Lipinski definition) is 1. The lowest BCUT2D eigenvalue weighted by atomic mass is 9.95. The van der Waals surface area contributed by atoms with E-state index in [0.717, 1.165) is 11.3 Å². The number of hydrogen-bond acceptors (Lipinski definition) is 5. The molecular weight excluding hydrogens is 532 g/mol. The molecule has 1 atom stereocenters. The summed E-state index contributed by atoms with van der Waals surface area (Å²) in [6, 6.07) is 21.3. The molecule has 2 heterocycles. The number of fused-ring (bicyclic) bond motifs is 1. The van der Waals surface area contributed by atoms with Crippen LogP contribution in [0.4, 0.5) is 14.5 Å². The molecule has 0 spiro atoms. The van der Waals surface area contributed by atoms with Gasteiger partial charge in [0, 0.05) is 16.3 Å². The van der Waals surface area contributed by atoms with Crippen LogP contribution < -0.4 is 24.9 Å². The number of carbonyl (C=O) groups excluding carboxylic acids is 1. The van der Waals surface area contributed by atoms with E-state index in [9.17, 15) is 18.4 Å². The normalized spacial score (nSPS) is 15.3. The van der Waals surface area contributed by atoms with Crippen LogP contribution in [0.2, 0.25) is 5.02 Å². The standard InChI is InChI=1S/C28H20ClF2N3O3S/c1-16-23(25(35)33-20-8-3-2-4-9-20)24(17-11-13-19(29)14-12-17)34-26(36)22(38-28(34)32-16)15-18-7-5-6-10-21(18)37-27(30)31/h2-15,24,27H,1H3,(H,33,35)/b22-15+/t24-/m0/s1. The monoisotopic (exact) mass is 551 g/mol. The Labute approximate surface area is 224 Å². The van der Waals surface area contributed by atoms with Crippen molar-refractivity contribution in [2.75, 3.05) is 5.32 Å². The predicted octanol–water partition coefficient (Wildman–Crippen LogP) is 5.13. The average Bonchev–Trinajstić information content (AvgIpc) is 3.19. The highest BCUT2D eigenvalue weighted by Crippen LogP contribution is 2.31. The number of thiazole rings is 1. The van der Waals surface area contributed by atoms with E-state index in [1.807, 2.05) is 6.07 Å². The summed E-state index contributed by atoms with van der Waals surface area (Å²) >= 11 is 7.22. The van der Waals surface area contributed by atoms with Crippen LogP contribution in [0.1, 0.15) is 24.1 Å². The molecular formula is C28H20ClF2N3O3S. The van der Waals surface area contributed by atoms with E-state index in [1.165, 1.54) is 16.7 Å². The smallest absolute Gasteiger partial charge is 0.387 e. The Morgan fingerprint density at radius 2 is 1.76 bits per heavy atom. The number of nitrogens with one attached hydrogen (secondary N) is 1. The molecule has 38 heavy (non-hydrogen) atoms. The van der Waals surface area contributed by atoms with E-state index in [1.54, 1.807) is 73.7 Å². The van der Waals surface area contributed by atoms with E-state index in [-0.39, 0.29) is 10.3 Å². The SMILES string of the molecule is CC1=C(C(=O)Nc2ccccc2)[C@H](c2ccc(Cl)cc2)n2c(s/c(=C/c3ccccc3OC(F)F)c2=O)=N1. The number of aromatic nitrogens is 1. The summed E-state index contributed by atoms with van der Waals surface area (Å²) < 4.78 is 32.2. The summed E-state index contributed by atoms with van der Waals surface area (Å²) in [5.74, 6) is -0.455. The number of nitrogens with zero attached hydrogens (tertiary/aromatic N) is 2. The quantitative estimate of drug-likeness (QED) is 0.361. The second-order valence-electron chi connectivity index (χ2n) is 8.37. The van der Waals surface area contributed by atoms with Gasteiger partial charge >= 0.3 is 6.61 Å². The van der Waals surface area contributed by atoms with Crippen LogP contribution in [0.5, 0.6) is 5.75 Å². The van der Waals surface area contributed by atoms with Crippen molar-refractivity contribution in [3.63, 3.8) is 0 Å². The van der Waals surface area contributed by atoms with Crippen LogP contribution in [0.15, 0.2) is 99.9 Å². The predicted molar refractivity (Wildman–Crippen MR) is 143 cm³/mol. The summed E-state index contributed by atoms with van der Waals surface area (Å²) in [6.07, 6.45) is 1.49. The lowest BCUT2D eigenvalue weighted by Gasteiger charge is -2.25. The molecule has 0 bridgehead atoms. The van der Waals surface area contributed by atoms with Gasteiger partial charge < -0.3 is 10.1 Å². The Morgan fingerprint density at radius 3 is 2.47 bits per heavy atom. The molecule has 1 aliphatic rings. The summed E-state index contributed by atoms with van der Waals surface area (Å²) in [5.41, 5.74) is 1.91. The molecule has 0 fully saturated rings. The second kappa shape index (κ2) is 10.7. The van der Waals surface area contributed by atoms with E-state index in [0.29, 0.717) is 37.9 Å². The molecule has 10 heteroatoms. The lowest BCUT2D eigenvalue weighted by Crippen LogP contribution is -2.40. The lowest BCUT2D eigenvalue weighted by molar-refractivity contribution is -0.113. The van der Waals surface area contributed by atoms with E-state index in [4.69, 9.17) is 11.6 Å². The van der Waals surface area contributed by atoms with Gasteiger partial charge in [0.05, 0.1) is 21.8 Å². The Kier molecular flexibility index (Phi) is 7.22. The highest BCUT2D eigenvalue weighted by atomic mass is 35.5. The molecule has 1 aromatic heterocycles. The number of para-hydroxylation sites is 2. The van der Waals surface area contributed by atoms with Gasteiger partial charge in [-0.15, -0.1) is 0 Å². The zero-order valence-corrected chi connectivity index (χ0v) is 21.5. The molecule has 4 aromatic rings. The highest BCUT2D eigenvalue weighted by Gasteiger charge is 2.32. The van der Waals surface area contributed by atoms with Gasteiger partial charge in [0.25, 0.3) is 11.5 Å². The maximum absolute atomic E-state index is 13.7. The summed E-state index contributed by atoms with van der Waals surface area (Å²) in [4.78, 5) is 32.2. The molecule has 1 N–H and O–H groups in total. The number of amides is 1. The van der Waals surface area contributed by atoms with Crippen LogP contribution >= 0.6 is 22.9 Å². The number of allylic oxidation sites excluding steroid dienone is 1. The third kappa shape index (κ3) is 5.16. The minimum absolute atomic E-state index is 0.0540. The summed E-state index contributed by atoms with van der Waals surface area (Å²) in [7, 11) is 0. The van der Waals surface area contributed by atoms with Crippen LogP contribution in [-0.2, 0) is 4.79 Å². The van der Waals surface area contributed by atoms with Crippen molar-refractivity contribution < 1.29 is 18.3 Å². The molecule has 1 amide bonds. The van der Waals surface area contributed by atoms with Gasteiger partial charge in [-0.3, -0.25) is 14.2 Å². The number of alkyl halides is 2. The fraction of sp³-hybridized carbons (Fsp3) is 0.107. The Balaban J connectivity index is 1.67. The number of halogens is 3. The van der Waals surface area contributed by atoms with Crippen molar-refractivity contribution in [3.8, 4) is 5.75 Å². The second-order valence-corrected chi connectivity index (χ2v) is 9.82. The van der Waals surface area contributed by atoms with Crippen LogP contribution in [0.3, 0.4) is 0 Å². The molecule has 192 valence electrons. The molecule has 1 aliphatic heterocycles. The van der Waals surface area contributed by atoms with Gasteiger partial charge in [0.1, 0.15) is 5.75 Å². The minimum atomic E-state index is -3.01. The Morgan fingerprint density at radius 1 is 1.08 bits per heavy atom. The largest absolute Gasteiger partial charge is 0.434 e.